The zero-order valence-electron chi connectivity index (χ0n) is 15.8. The Hall–Kier alpha value is -3.43. The van der Waals surface area contributed by atoms with Gasteiger partial charge in [0.15, 0.2) is 5.78 Å². The number of ether oxygens (including phenoxy) is 1. The van der Waals surface area contributed by atoms with Crippen molar-refractivity contribution in [1.29, 1.82) is 0 Å². The zero-order valence-corrected chi connectivity index (χ0v) is 16.6. The molecule has 0 bridgehead atoms. The van der Waals surface area contributed by atoms with Gasteiger partial charge in [0.05, 0.1) is 12.8 Å². The molecule has 0 aliphatic carbocycles. The number of methoxy groups -OCH3 is 1. The van der Waals surface area contributed by atoms with Crippen molar-refractivity contribution >= 4 is 40.1 Å². The van der Waals surface area contributed by atoms with E-state index >= 15 is 0 Å². The topological polar surface area (TPSA) is 38.7 Å². The van der Waals surface area contributed by atoms with Gasteiger partial charge in [-0.3, -0.25) is 9.79 Å². The molecule has 4 heteroatoms. The number of aliphatic imine (C=N–C) groups is 1. The third kappa shape index (κ3) is 3.91. The fourth-order valence-corrected chi connectivity index (χ4v) is 3.44. The van der Waals surface area contributed by atoms with Gasteiger partial charge >= 0.3 is 0 Å². The number of hydrogen-bond donors (Lipinski definition) is 0. The normalized spacial score (nSPS) is 11.1. The molecule has 0 aliphatic heterocycles. The van der Waals surface area contributed by atoms with Gasteiger partial charge in [0.2, 0.25) is 0 Å². The lowest BCUT2D eigenvalue weighted by molar-refractivity contribution is 0.103. The molecule has 0 aromatic heterocycles. The van der Waals surface area contributed by atoms with Crippen molar-refractivity contribution in [2.45, 2.75) is 0 Å². The van der Waals surface area contributed by atoms with Crippen molar-refractivity contribution in [2.24, 2.45) is 4.99 Å². The van der Waals surface area contributed by atoms with Crippen LogP contribution in [0.25, 0.3) is 10.8 Å². The van der Waals surface area contributed by atoms with E-state index in [2.05, 4.69) is 4.99 Å². The third-order valence-electron chi connectivity index (χ3n) is 4.72. The molecule has 0 saturated carbocycles. The second-order valence-electron chi connectivity index (χ2n) is 6.52. The van der Waals surface area contributed by atoms with Gasteiger partial charge in [0.25, 0.3) is 0 Å². The van der Waals surface area contributed by atoms with Gasteiger partial charge in [0, 0.05) is 33.3 Å². The molecule has 29 heavy (non-hydrogen) atoms. The Morgan fingerprint density at radius 3 is 2.38 bits per heavy atom. The van der Waals surface area contributed by atoms with E-state index in [1.807, 2.05) is 54.6 Å². The van der Waals surface area contributed by atoms with Crippen LogP contribution < -0.4 is 4.74 Å². The summed E-state index contributed by atoms with van der Waals surface area (Å²) >= 11 is 6.16. The molecule has 4 aromatic carbocycles. The molecule has 0 fully saturated rings. The first kappa shape index (κ1) is 18.9. The Bertz CT molecular complexity index is 1220. The summed E-state index contributed by atoms with van der Waals surface area (Å²) < 4.78 is 5.45. The Morgan fingerprint density at radius 2 is 1.62 bits per heavy atom. The first-order valence-corrected chi connectivity index (χ1v) is 9.54. The molecule has 0 atom stereocenters. The molecule has 0 spiro atoms. The maximum atomic E-state index is 13.0. The molecule has 0 amide bonds. The number of benzene rings is 4. The predicted molar refractivity (Wildman–Crippen MR) is 119 cm³/mol. The minimum Gasteiger partial charge on any atom is -0.496 e. The van der Waals surface area contributed by atoms with Crippen molar-refractivity contribution < 1.29 is 9.53 Å². The van der Waals surface area contributed by atoms with E-state index in [4.69, 9.17) is 16.3 Å². The van der Waals surface area contributed by atoms with E-state index < -0.39 is 0 Å². The Morgan fingerprint density at radius 1 is 0.897 bits per heavy atom. The van der Waals surface area contributed by atoms with Gasteiger partial charge in [-0.1, -0.05) is 66.2 Å². The molecule has 0 aliphatic rings. The summed E-state index contributed by atoms with van der Waals surface area (Å²) in [6, 6.07) is 26.2. The zero-order chi connectivity index (χ0) is 20.2. The number of halogens is 1. The minimum atomic E-state index is -0.111. The molecule has 0 saturated heterocycles. The predicted octanol–water partition coefficient (Wildman–Crippen LogP) is 6.48. The van der Waals surface area contributed by atoms with E-state index in [1.54, 1.807) is 43.7 Å². The van der Waals surface area contributed by atoms with E-state index in [9.17, 15) is 4.79 Å². The highest BCUT2D eigenvalue weighted by atomic mass is 35.5. The average Bonchev–Trinajstić information content (AvgIpc) is 2.78. The van der Waals surface area contributed by atoms with Gasteiger partial charge in [-0.25, -0.2) is 0 Å². The van der Waals surface area contributed by atoms with Crippen molar-refractivity contribution in [3.8, 4) is 5.75 Å². The van der Waals surface area contributed by atoms with Crippen LogP contribution in [0.1, 0.15) is 21.5 Å². The number of carbonyl (C=O) groups is 1. The number of ketones is 1. The maximum absolute atomic E-state index is 13.0. The Balaban J connectivity index is 1.77. The highest BCUT2D eigenvalue weighted by Gasteiger charge is 2.14. The molecular formula is C25H18ClNO2. The molecular weight excluding hydrogens is 382 g/mol. The second kappa shape index (κ2) is 8.29. The quantitative estimate of drug-likeness (QED) is 0.284. The maximum Gasteiger partial charge on any atom is 0.195 e. The molecule has 0 heterocycles. The van der Waals surface area contributed by atoms with Crippen LogP contribution in [0.4, 0.5) is 5.69 Å². The highest BCUT2D eigenvalue weighted by Crippen LogP contribution is 2.29. The van der Waals surface area contributed by atoms with Crippen LogP contribution in [0.15, 0.2) is 89.9 Å². The molecule has 3 nitrogen and oxygen atoms in total. The van der Waals surface area contributed by atoms with Gasteiger partial charge in [0.1, 0.15) is 5.75 Å². The molecule has 4 aromatic rings. The van der Waals surface area contributed by atoms with E-state index in [0.29, 0.717) is 21.8 Å². The smallest absolute Gasteiger partial charge is 0.195 e. The van der Waals surface area contributed by atoms with E-state index in [-0.39, 0.29) is 5.78 Å². The average molecular weight is 400 g/mol. The minimum absolute atomic E-state index is 0.111. The van der Waals surface area contributed by atoms with Crippen LogP contribution in [0.3, 0.4) is 0 Å². The molecule has 142 valence electrons. The number of carbonyl (C=O) groups excluding carboxylic acids is 1. The number of hydrogen-bond acceptors (Lipinski definition) is 3. The number of nitrogens with zero attached hydrogens (tertiary/aromatic N) is 1. The van der Waals surface area contributed by atoms with Crippen LogP contribution in [0.5, 0.6) is 5.75 Å². The van der Waals surface area contributed by atoms with Crippen molar-refractivity contribution in [1.82, 2.24) is 0 Å². The summed E-state index contributed by atoms with van der Waals surface area (Å²) in [5.41, 5.74) is 2.58. The van der Waals surface area contributed by atoms with Gasteiger partial charge in [-0.15, -0.1) is 0 Å². The standard InChI is InChI=1S/C25H18ClNO2/c1-29-24-14-11-18(20-9-5-6-10-21(20)24)16-27-23-13-12-19(26)15-22(23)25(28)17-7-3-2-4-8-17/h2-16H,1H3. The number of fused-ring (bicyclic) bond motifs is 1. The summed E-state index contributed by atoms with van der Waals surface area (Å²) in [5.74, 6) is 0.698. The first-order chi connectivity index (χ1) is 14.2. The summed E-state index contributed by atoms with van der Waals surface area (Å²) in [5, 5.41) is 2.54. The fraction of sp³-hybridized carbons (Fsp3) is 0.0400. The van der Waals surface area contributed by atoms with Crippen molar-refractivity contribution in [3.05, 3.63) is 107 Å². The SMILES string of the molecule is COc1ccc(C=Nc2ccc(Cl)cc2C(=O)c2ccccc2)c2ccccc12. The van der Waals surface area contributed by atoms with Crippen LogP contribution in [-0.2, 0) is 0 Å². The van der Waals surface area contributed by atoms with Gasteiger partial charge < -0.3 is 4.74 Å². The lowest BCUT2D eigenvalue weighted by Crippen LogP contribution is -2.01. The largest absolute Gasteiger partial charge is 0.496 e. The monoisotopic (exact) mass is 399 g/mol. The molecule has 0 unspecified atom stereocenters. The summed E-state index contributed by atoms with van der Waals surface area (Å²) in [7, 11) is 1.66. The van der Waals surface area contributed by atoms with Crippen molar-refractivity contribution in [3.63, 3.8) is 0 Å². The first-order valence-electron chi connectivity index (χ1n) is 9.16. The van der Waals surface area contributed by atoms with Crippen LogP contribution in [0.2, 0.25) is 5.02 Å². The summed E-state index contributed by atoms with van der Waals surface area (Å²) in [6.07, 6.45) is 1.77. The van der Waals surface area contributed by atoms with Gasteiger partial charge in [-0.2, -0.15) is 0 Å². The second-order valence-corrected chi connectivity index (χ2v) is 6.95. The molecule has 4 rings (SSSR count). The van der Waals surface area contributed by atoms with Crippen molar-refractivity contribution in [2.75, 3.05) is 7.11 Å². The fourth-order valence-electron chi connectivity index (χ4n) is 3.27. The Labute approximate surface area is 174 Å². The van der Waals surface area contributed by atoms with Gasteiger partial charge in [-0.05, 0) is 35.7 Å². The number of rotatable bonds is 5. The molecule has 0 N–H and O–H groups in total. The third-order valence-corrected chi connectivity index (χ3v) is 4.95. The molecule has 0 radical (unpaired) electrons. The van der Waals surface area contributed by atoms with Crippen LogP contribution in [0, 0.1) is 0 Å². The van der Waals surface area contributed by atoms with Crippen LogP contribution in [-0.4, -0.2) is 19.1 Å². The Kier molecular flexibility index (Phi) is 5.41. The van der Waals surface area contributed by atoms with E-state index in [1.165, 1.54) is 0 Å². The summed E-state index contributed by atoms with van der Waals surface area (Å²) in [6.45, 7) is 0. The lowest BCUT2D eigenvalue weighted by atomic mass is 10.0. The lowest BCUT2D eigenvalue weighted by Gasteiger charge is -2.08. The van der Waals surface area contributed by atoms with Crippen LogP contribution >= 0.6 is 11.6 Å². The highest BCUT2D eigenvalue weighted by molar-refractivity contribution is 6.31. The summed E-state index contributed by atoms with van der Waals surface area (Å²) in [4.78, 5) is 17.6. The van der Waals surface area contributed by atoms with E-state index in [0.717, 1.165) is 22.1 Å².